The average molecular weight is 230 g/mol. The molecule has 3 nitrogen and oxygen atoms in total. The van der Waals surface area contributed by atoms with E-state index in [1.165, 1.54) is 6.42 Å². The molecule has 0 aliphatic rings. The van der Waals surface area contributed by atoms with E-state index in [0.717, 1.165) is 32.8 Å². The molecule has 0 fully saturated rings. The molecule has 0 aromatic rings. The van der Waals surface area contributed by atoms with Crippen molar-refractivity contribution in [3.05, 3.63) is 0 Å². The molecule has 0 bridgehead atoms. The van der Waals surface area contributed by atoms with Crippen LogP contribution in [0.5, 0.6) is 0 Å². The van der Waals surface area contributed by atoms with Crippen LogP contribution in [-0.4, -0.2) is 50.8 Å². The zero-order valence-electron chi connectivity index (χ0n) is 11.8. The van der Waals surface area contributed by atoms with Crippen LogP contribution in [0.4, 0.5) is 0 Å². The van der Waals surface area contributed by atoms with Gasteiger partial charge in [-0.3, -0.25) is 4.90 Å². The first kappa shape index (κ1) is 15.9. The molecule has 3 heteroatoms. The fourth-order valence-electron chi connectivity index (χ4n) is 1.72. The summed E-state index contributed by atoms with van der Waals surface area (Å²) in [5.41, 5.74) is 0. The van der Waals surface area contributed by atoms with E-state index in [1.807, 2.05) is 0 Å². The third-order valence-corrected chi connectivity index (χ3v) is 2.98. The van der Waals surface area contributed by atoms with Crippen LogP contribution in [0.1, 0.15) is 34.1 Å². The lowest BCUT2D eigenvalue weighted by atomic mass is 10.0. The molecule has 98 valence electrons. The van der Waals surface area contributed by atoms with Gasteiger partial charge in [-0.05, 0) is 25.4 Å². The first-order chi connectivity index (χ1) is 7.65. The molecule has 0 aliphatic heterocycles. The third-order valence-electron chi connectivity index (χ3n) is 2.98. The summed E-state index contributed by atoms with van der Waals surface area (Å²) in [6.45, 7) is 14.2. The van der Waals surface area contributed by atoms with Crippen LogP contribution in [0.3, 0.4) is 0 Å². The number of rotatable bonds is 10. The van der Waals surface area contributed by atoms with E-state index >= 15 is 0 Å². The highest BCUT2D eigenvalue weighted by Crippen LogP contribution is 2.04. The van der Waals surface area contributed by atoms with Crippen LogP contribution in [0, 0.1) is 5.92 Å². The summed E-state index contributed by atoms with van der Waals surface area (Å²) in [5.74, 6) is 0.683. The Kier molecular flexibility index (Phi) is 9.99. The van der Waals surface area contributed by atoms with Crippen molar-refractivity contribution in [2.24, 2.45) is 5.92 Å². The van der Waals surface area contributed by atoms with E-state index < -0.39 is 0 Å². The van der Waals surface area contributed by atoms with Crippen LogP contribution >= 0.6 is 0 Å². The SMILES string of the molecule is CCCNC(CN(CC)CCOC)C(C)C. The van der Waals surface area contributed by atoms with E-state index in [1.54, 1.807) is 7.11 Å². The van der Waals surface area contributed by atoms with Crippen LogP contribution in [0.2, 0.25) is 0 Å². The van der Waals surface area contributed by atoms with Crippen LogP contribution in [0.25, 0.3) is 0 Å². The minimum Gasteiger partial charge on any atom is -0.383 e. The van der Waals surface area contributed by atoms with Gasteiger partial charge in [0.25, 0.3) is 0 Å². The van der Waals surface area contributed by atoms with Crippen molar-refractivity contribution in [1.29, 1.82) is 0 Å². The maximum Gasteiger partial charge on any atom is 0.0589 e. The highest BCUT2D eigenvalue weighted by atomic mass is 16.5. The molecule has 0 aliphatic carbocycles. The second-order valence-electron chi connectivity index (χ2n) is 4.69. The Morgan fingerprint density at radius 2 is 1.94 bits per heavy atom. The Hall–Kier alpha value is -0.120. The van der Waals surface area contributed by atoms with Crippen molar-refractivity contribution in [1.82, 2.24) is 10.2 Å². The van der Waals surface area contributed by atoms with Gasteiger partial charge in [0.15, 0.2) is 0 Å². The number of hydrogen-bond acceptors (Lipinski definition) is 3. The average Bonchev–Trinajstić information content (AvgIpc) is 2.28. The van der Waals surface area contributed by atoms with E-state index in [4.69, 9.17) is 4.74 Å². The van der Waals surface area contributed by atoms with Gasteiger partial charge in [0.2, 0.25) is 0 Å². The van der Waals surface area contributed by atoms with Gasteiger partial charge in [-0.25, -0.2) is 0 Å². The maximum atomic E-state index is 5.14. The smallest absolute Gasteiger partial charge is 0.0589 e. The Bertz CT molecular complexity index is 151. The van der Waals surface area contributed by atoms with Gasteiger partial charge in [-0.2, -0.15) is 0 Å². The molecule has 1 unspecified atom stereocenters. The minimum atomic E-state index is 0.594. The zero-order valence-corrected chi connectivity index (χ0v) is 11.8. The van der Waals surface area contributed by atoms with Gasteiger partial charge in [0.05, 0.1) is 6.61 Å². The third kappa shape index (κ3) is 7.20. The molecule has 16 heavy (non-hydrogen) atoms. The van der Waals surface area contributed by atoms with E-state index in [2.05, 4.69) is 37.9 Å². The van der Waals surface area contributed by atoms with Gasteiger partial charge < -0.3 is 10.1 Å². The summed E-state index contributed by atoms with van der Waals surface area (Å²) in [7, 11) is 1.77. The van der Waals surface area contributed by atoms with E-state index in [9.17, 15) is 0 Å². The van der Waals surface area contributed by atoms with Crippen molar-refractivity contribution < 1.29 is 4.74 Å². The first-order valence-electron chi connectivity index (χ1n) is 6.60. The summed E-state index contributed by atoms with van der Waals surface area (Å²) < 4.78 is 5.14. The Labute approximate surface area is 102 Å². The van der Waals surface area contributed by atoms with Gasteiger partial charge in [0, 0.05) is 26.2 Å². The minimum absolute atomic E-state index is 0.594. The van der Waals surface area contributed by atoms with E-state index in [0.29, 0.717) is 12.0 Å². The first-order valence-corrected chi connectivity index (χ1v) is 6.60. The number of likely N-dealkylation sites (N-methyl/N-ethyl adjacent to an activating group) is 1. The molecule has 0 saturated carbocycles. The molecule has 1 atom stereocenters. The Balaban J connectivity index is 4.01. The number of nitrogens with one attached hydrogen (secondary N) is 1. The summed E-state index contributed by atoms with van der Waals surface area (Å²) in [6.07, 6.45) is 1.20. The normalized spacial score (nSPS) is 13.7. The molecule has 0 rings (SSSR count). The van der Waals surface area contributed by atoms with E-state index in [-0.39, 0.29) is 0 Å². The molecular formula is C13H30N2O. The van der Waals surface area contributed by atoms with Crippen LogP contribution < -0.4 is 5.32 Å². The highest BCUT2D eigenvalue weighted by molar-refractivity contribution is 4.74. The lowest BCUT2D eigenvalue weighted by Crippen LogP contribution is -2.45. The quantitative estimate of drug-likeness (QED) is 0.621. The number of nitrogens with zero attached hydrogens (tertiary/aromatic N) is 1. The lowest BCUT2D eigenvalue weighted by molar-refractivity contribution is 0.138. The summed E-state index contributed by atoms with van der Waals surface area (Å²) in [5, 5.41) is 3.63. The standard InChI is InChI=1S/C13H30N2O/c1-6-8-14-13(12(3)4)11-15(7-2)9-10-16-5/h12-14H,6-11H2,1-5H3. The molecule has 0 aromatic heterocycles. The molecule has 0 heterocycles. The van der Waals surface area contributed by atoms with Gasteiger partial charge in [0.1, 0.15) is 0 Å². The predicted molar refractivity (Wildman–Crippen MR) is 70.9 cm³/mol. The Morgan fingerprint density at radius 1 is 1.25 bits per heavy atom. The molecule has 1 N–H and O–H groups in total. The fraction of sp³-hybridized carbons (Fsp3) is 1.00. The molecule has 0 saturated heterocycles. The largest absolute Gasteiger partial charge is 0.383 e. The van der Waals surface area contributed by atoms with Crippen LogP contribution in [-0.2, 0) is 4.74 Å². The number of methoxy groups -OCH3 is 1. The van der Waals surface area contributed by atoms with Crippen molar-refractivity contribution in [2.45, 2.75) is 40.2 Å². The molecular weight excluding hydrogens is 200 g/mol. The monoisotopic (exact) mass is 230 g/mol. The lowest BCUT2D eigenvalue weighted by Gasteiger charge is -2.29. The van der Waals surface area contributed by atoms with Crippen molar-refractivity contribution in [2.75, 3.05) is 39.9 Å². The van der Waals surface area contributed by atoms with Crippen molar-refractivity contribution >= 4 is 0 Å². The molecule has 0 radical (unpaired) electrons. The Morgan fingerprint density at radius 3 is 2.38 bits per heavy atom. The highest BCUT2D eigenvalue weighted by Gasteiger charge is 2.15. The van der Waals surface area contributed by atoms with Gasteiger partial charge in [-0.15, -0.1) is 0 Å². The second kappa shape index (κ2) is 10.1. The van der Waals surface area contributed by atoms with Crippen molar-refractivity contribution in [3.63, 3.8) is 0 Å². The summed E-state index contributed by atoms with van der Waals surface area (Å²) in [6, 6.07) is 0.594. The molecule has 0 amide bonds. The number of ether oxygens (including phenoxy) is 1. The topological polar surface area (TPSA) is 24.5 Å². The zero-order chi connectivity index (χ0) is 12.4. The molecule has 0 spiro atoms. The van der Waals surface area contributed by atoms with Crippen molar-refractivity contribution in [3.8, 4) is 0 Å². The van der Waals surface area contributed by atoms with Gasteiger partial charge >= 0.3 is 0 Å². The van der Waals surface area contributed by atoms with Crippen LogP contribution in [0.15, 0.2) is 0 Å². The maximum absolute atomic E-state index is 5.14. The predicted octanol–water partition coefficient (Wildman–Crippen LogP) is 1.98. The van der Waals surface area contributed by atoms with Gasteiger partial charge in [-0.1, -0.05) is 27.7 Å². The number of hydrogen-bond donors (Lipinski definition) is 1. The fourth-order valence-corrected chi connectivity index (χ4v) is 1.72. The second-order valence-corrected chi connectivity index (χ2v) is 4.69. The molecule has 0 aromatic carbocycles. The summed E-state index contributed by atoms with van der Waals surface area (Å²) in [4.78, 5) is 2.46. The summed E-state index contributed by atoms with van der Waals surface area (Å²) >= 11 is 0.